The summed E-state index contributed by atoms with van der Waals surface area (Å²) < 4.78 is 1.51. The van der Waals surface area contributed by atoms with Crippen molar-refractivity contribution >= 4 is 34.6 Å². The zero-order valence-corrected chi connectivity index (χ0v) is 18.9. The van der Waals surface area contributed by atoms with Gasteiger partial charge in [0, 0.05) is 0 Å². The predicted molar refractivity (Wildman–Crippen MR) is 130 cm³/mol. The topological polar surface area (TPSA) is 107 Å². The minimum absolute atomic E-state index is 0.242. The van der Waals surface area contributed by atoms with Crippen molar-refractivity contribution in [2.24, 2.45) is 5.73 Å². The Morgan fingerprint density at radius 2 is 1.67 bits per heavy atom. The van der Waals surface area contributed by atoms with Gasteiger partial charge in [0.15, 0.2) is 5.16 Å². The number of thioether (sulfide) groups is 1. The van der Waals surface area contributed by atoms with Crippen molar-refractivity contribution in [2.75, 3.05) is 0 Å². The zero-order chi connectivity index (χ0) is 23.5. The highest BCUT2D eigenvalue weighted by molar-refractivity contribution is 8.00. The maximum atomic E-state index is 13.5. The highest BCUT2D eigenvalue weighted by Crippen LogP contribution is 2.35. The first kappa shape index (κ1) is 22.3. The van der Waals surface area contributed by atoms with Crippen molar-refractivity contribution in [3.8, 4) is 5.69 Å². The minimum atomic E-state index is -0.945. The molecule has 1 unspecified atom stereocenters. The Kier molecular flexibility index (Phi) is 6.28. The Balaban J connectivity index is 1.92. The number of fused-ring (bicyclic) bond motifs is 1. The quantitative estimate of drug-likeness (QED) is 0.347. The van der Waals surface area contributed by atoms with E-state index in [1.807, 2.05) is 38.1 Å². The number of carbonyl (C=O) groups excluding carboxylic acids is 2. The van der Waals surface area contributed by atoms with Crippen LogP contribution in [-0.2, 0) is 4.79 Å². The lowest BCUT2D eigenvalue weighted by Gasteiger charge is -2.19. The van der Waals surface area contributed by atoms with Gasteiger partial charge in [-0.1, -0.05) is 60.3 Å². The van der Waals surface area contributed by atoms with E-state index in [2.05, 4.69) is 5.32 Å². The molecule has 3 amide bonds. The van der Waals surface area contributed by atoms with E-state index in [4.69, 9.17) is 10.7 Å². The summed E-state index contributed by atoms with van der Waals surface area (Å²) in [5.41, 5.74) is 8.89. The molecule has 0 radical (unpaired) electrons. The van der Waals surface area contributed by atoms with Gasteiger partial charge >= 0.3 is 6.03 Å². The lowest BCUT2D eigenvalue weighted by molar-refractivity contribution is -0.119. The lowest BCUT2D eigenvalue weighted by Crippen LogP contribution is -2.37. The van der Waals surface area contributed by atoms with Crippen molar-refractivity contribution in [1.82, 2.24) is 14.9 Å². The molecule has 3 N–H and O–H groups in total. The highest BCUT2D eigenvalue weighted by atomic mass is 32.2. The summed E-state index contributed by atoms with van der Waals surface area (Å²) in [6.45, 7) is 3.97. The SMILES string of the molecule is Cc1ccc(-n2c(SC(C(=O)NC(N)=O)c3ccccc3)nc3ccccc3c2=O)cc1C. The van der Waals surface area contributed by atoms with Gasteiger partial charge in [0.2, 0.25) is 5.91 Å². The molecular weight excluding hydrogens is 436 g/mol. The van der Waals surface area contributed by atoms with E-state index in [-0.39, 0.29) is 5.56 Å². The Bertz CT molecular complexity index is 1420. The Morgan fingerprint density at radius 1 is 0.970 bits per heavy atom. The number of para-hydroxylation sites is 1. The number of carbonyl (C=O) groups is 2. The number of imide groups is 1. The molecule has 0 aliphatic heterocycles. The van der Waals surface area contributed by atoms with Gasteiger partial charge in [-0.15, -0.1) is 0 Å². The smallest absolute Gasteiger partial charge is 0.318 e. The van der Waals surface area contributed by atoms with Gasteiger partial charge in [-0.25, -0.2) is 9.78 Å². The second-order valence-electron chi connectivity index (χ2n) is 7.58. The van der Waals surface area contributed by atoms with Crippen LogP contribution in [0.25, 0.3) is 16.6 Å². The number of primary amides is 1. The highest BCUT2D eigenvalue weighted by Gasteiger charge is 2.26. The normalized spacial score (nSPS) is 11.8. The number of aryl methyl sites for hydroxylation is 2. The van der Waals surface area contributed by atoms with E-state index in [0.29, 0.717) is 27.3 Å². The van der Waals surface area contributed by atoms with Gasteiger partial charge < -0.3 is 5.73 Å². The van der Waals surface area contributed by atoms with Gasteiger partial charge in [0.1, 0.15) is 5.25 Å². The Hall–Kier alpha value is -3.91. The van der Waals surface area contributed by atoms with Crippen LogP contribution in [0.5, 0.6) is 0 Å². The van der Waals surface area contributed by atoms with Crippen LogP contribution in [0.4, 0.5) is 4.79 Å². The summed E-state index contributed by atoms with van der Waals surface area (Å²) in [5, 5.41) is 2.10. The van der Waals surface area contributed by atoms with Crippen LogP contribution in [0, 0.1) is 13.8 Å². The van der Waals surface area contributed by atoms with Crippen LogP contribution >= 0.6 is 11.8 Å². The largest absolute Gasteiger partial charge is 0.351 e. The molecule has 8 heteroatoms. The molecule has 0 bridgehead atoms. The van der Waals surface area contributed by atoms with Gasteiger partial charge in [-0.2, -0.15) is 0 Å². The Morgan fingerprint density at radius 3 is 2.36 bits per heavy atom. The molecule has 1 heterocycles. The van der Waals surface area contributed by atoms with E-state index in [0.717, 1.165) is 22.9 Å². The van der Waals surface area contributed by atoms with Crippen LogP contribution in [0.2, 0.25) is 0 Å². The monoisotopic (exact) mass is 458 g/mol. The zero-order valence-electron chi connectivity index (χ0n) is 18.1. The molecule has 33 heavy (non-hydrogen) atoms. The third kappa shape index (κ3) is 4.65. The molecule has 0 saturated carbocycles. The summed E-state index contributed by atoms with van der Waals surface area (Å²) in [7, 11) is 0. The molecule has 3 aromatic carbocycles. The van der Waals surface area contributed by atoms with Crippen molar-refractivity contribution in [1.29, 1.82) is 0 Å². The molecule has 0 saturated heterocycles. The number of amides is 3. The van der Waals surface area contributed by atoms with E-state index in [1.165, 1.54) is 4.57 Å². The second-order valence-corrected chi connectivity index (χ2v) is 8.65. The molecule has 0 spiro atoms. The lowest BCUT2D eigenvalue weighted by atomic mass is 10.1. The maximum absolute atomic E-state index is 13.5. The minimum Gasteiger partial charge on any atom is -0.351 e. The number of rotatable bonds is 5. The van der Waals surface area contributed by atoms with Crippen LogP contribution in [0.15, 0.2) is 82.7 Å². The van der Waals surface area contributed by atoms with Gasteiger partial charge in [0.05, 0.1) is 16.6 Å². The van der Waals surface area contributed by atoms with Crippen molar-refractivity contribution in [3.05, 3.63) is 99.8 Å². The first-order valence-electron chi connectivity index (χ1n) is 10.3. The number of benzene rings is 3. The average molecular weight is 459 g/mol. The molecule has 1 aromatic heterocycles. The van der Waals surface area contributed by atoms with Crippen LogP contribution in [-0.4, -0.2) is 21.5 Å². The van der Waals surface area contributed by atoms with Gasteiger partial charge in [-0.3, -0.25) is 19.5 Å². The Labute approximate surface area is 194 Å². The third-order valence-corrected chi connectivity index (χ3v) is 6.51. The summed E-state index contributed by atoms with van der Waals surface area (Å²) in [4.78, 5) is 42.6. The molecule has 0 fully saturated rings. The van der Waals surface area contributed by atoms with Crippen LogP contribution in [0.1, 0.15) is 21.9 Å². The summed E-state index contributed by atoms with van der Waals surface area (Å²) >= 11 is 1.08. The second kappa shape index (κ2) is 9.30. The molecule has 4 aromatic rings. The van der Waals surface area contributed by atoms with Gasteiger partial charge in [0.25, 0.3) is 5.56 Å². The van der Waals surface area contributed by atoms with Gasteiger partial charge in [-0.05, 0) is 54.8 Å². The number of hydrogen-bond donors (Lipinski definition) is 2. The first-order valence-corrected chi connectivity index (χ1v) is 11.1. The van der Waals surface area contributed by atoms with E-state index in [1.54, 1.807) is 48.5 Å². The summed E-state index contributed by atoms with van der Waals surface area (Å²) in [6, 6.07) is 20.8. The fourth-order valence-corrected chi connectivity index (χ4v) is 4.59. The number of nitrogens with zero attached hydrogens (tertiary/aromatic N) is 2. The van der Waals surface area contributed by atoms with E-state index < -0.39 is 17.2 Å². The van der Waals surface area contributed by atoms with Crippen LogP contribution < -0.4 is 16.6 Å². The van der Waals surface area contributed by atoms with Crippen molar-refractivity contribution < 1.29 is 9.59 Å². The molecule has 0 aliphatic rings. The standard InChI is InChI=1S/C25H22N4O3S/c1-15-12-13-18(14-16(15)2)29-23(31)19-10-6-7-11-20(19)27-25(29)33-21(22(30)28-24(26)32)17-8-4-3-5-9-17/h3-14,21H,1-2H3,(H3,26,28,30,32). The third-order valence-electron chi connectivity index (χ3n) is 5.30. The molecule has 166 valence electrons. The number of nitrogens with one attached hydrogen (secondary N) is 1. The fraction of sp³-hybridized carbons (Fsp3) is 0.120. The summed E-state index contributed by atoms with van der Waals surface area (Å²) in [6.07, 6.45) is 0. The van der Waals surface area contributed by atoms with Crippen LogP contribution in [0.3, 0.4) is 0 Å². The molecular formula is C25H22N4O3S. The first-order chi connectivity index (χ1) is 15.8. The molecule has 0 aliphatic carbocycles. The predicted octanol–water partition coefficient (Wildman–Crippen LogP) is 4.03. The number of urea groups is 1. The summed E-state index contributed by atoms with van der Waals surface area (Å²) in [5.74, 6) is -0.590. The van der Waals surface area contributed by atoms with E-state index in [9.17, 15) is 14.4 Å². The number of nitrogens with two attached hydrogens (primary N) is 1. The van der Waals surface area contributed by atoms with Crippen molar-refractivity contribution in [3.63, 3.8) is 0 Å². The van der Waals surface area contributed by atoms with E-state index >= 15 is 0 Å². The molecule has 4 rings (SSSR count). The molecule has 1 atom stereocenters. The van der Waals surface area contributed by atoms with Crippen molar-refractivity contribution in [2.45, 2.75) is 24.3 Å². The number of aromatic nitrogens is 2. The average Bonchev–Trinajstić information content (AvgIpc) is 2.79. The number of hydrogen-bond acceptors (Lipinski definition) is 5. The molecule has 7 nitrogen and oxygen atoms in total. The maximum Gasteiger partial charge on any atom is 0.318 e. The fourth-order valence-electron chi connectivity index (χ4n) is 3.48.